The van der Waals surface area contributed by atoms with Crippen LogP contribution in [-0.4, -0.2) is 20.7 Å². The molecule has 0 unspecified atom stereocenters. The van der Waals surface area contributed by atoms with Gasteiger partial charge in [0.05, 0.1) is 5.56 Å². The third-order valence-corrected chi connectivity index (χ3v) is 4.44. The molecule has 0 spiro atoms. The maximum Gasteiger partial charge on any atom is 0.255 e. The van der Waals surface area contributed by atoms with Crippen molar-refractivity contribution in [1.29, 1.82) is 0 Å². The first-order valence-corrected chi connectivity index (χ1v) is 9.38. The molecule has 7 heteroatoms. The molecule has 30 heavy (non-hydrogen) atoms. The summed E-state index contributed by atoms with van der Waals surface area (Å²) in [7, 11) is 0. The summed E-state index contributed by atoms with van der Waals surface area (Å²) in [5.41, 5.74) is 2.14. The number of amides is 1. The van der Waals surface area contributed by atoms with Crippen LogP contribution in [0.3, 0.4) is 0 Å². The van der Waals surface area contributed by atoms with Gasteiger partial charge in [-0.15, -0.1) is 0 Å². The third kappa shape index (κ3) is 4.70. The van der Waals surface area contributed by atoms with Gasteiger partial charge in [-0.25, -0.2) is 14.1 Å². The van der Waals surface area contributed by atoms with Crippen molar-refractivity contribution in [3.63, 3.8) is 0 Å². The second-order valence-corrected chi connectivity index (χ2v) is 6.57. The highest BCUT2D eigenvalue weighted by molar-refractivity contribution is 5.96. The Balaban J connectivity index is 1.41. The van der Waals surface area contributed by atoms with E-state index in [1.807, 2.05) is 18.2 Å². The van der Waals surface area contributed by atoms with E-state index in [1.165, 1.54) is 12.1 Å². The number of rotatable bonds is 7. The number of carbonyl (C=O) groups excluding carboxylic acids is 1. The summed E-state index contributed by atoms with van der Waals surface area (Å²) >= 11 is 0. The molecule has 0 aliphatic carbocycles. The lowest BCUT2D eigenvalue weighted by molar-refractivity contribution is 0.0946. The van der Waals surface area contributed by atoms with Crippen molar-refractivity contribution in [2.24, 2.45) is 0 Å². The highest BCUT2D eigenvalue weighted by Crippen LogP contribution is 2.20. The van der Waals surface area contributed by atoms with Crippen LogP contribution in [0, 0.1) is 5.82 Å². The van der Waals surface area contributed by atoms with Crippen molar-refractivity contribution in [3.8, 4) is 11.6 Å². The first kappa shape index (κ1) is 19.3. The maximum absolute atomic E-state index is 13.0. The molecular weight excluding hydrogens is 383 g/mol. The molecule has 1 N–H and O–H groups in total. The first-order valence-electron chi connectivity index (χ1n) is 9.38. The Bertz CT molecular complexity index is 1130. The fourth-order valence-corrected chi connectivity index (χ4v) is 2.90. The lowest BCUT2D eigenvalue weighted by Crippen LogP contribution is -2.23. The number of hydrogen-bond acceptors (Lipinski definition) is 4. The highest BCUT2D eigenvalue weighted by Gasteiger charge is 2.12. The maximum atomic E-state index is 13.0. The van der Waals surface area contributed by atoms with E-state index in [9.17, 15) is 9.18 Å². The minimum Gasteiger partial charge on any atom is -0.488 e. The number of ether oxygens (including phenoxy) is 1. The molecule has 1 amide bonds. The van der Waals surface area contributed by atoms with Crippen molar-refractivity contribution in [2.45, 2.75) is 13.2 Å². The molecule has 0 aliphatic heterocycles. The number of hydrogen-bond donors (Lipinski definition) is 1. The summed E-state index contributed by atoms with van der Waals surface area (Å²) < 4.78 is 20.5. The van der Waals surface area contributed by atoms with Crippen LogP contribution in [-0.2, 0) is 13.2 Å². The number of halogens is 1. The van der Waals surface area contributed by atoms with E-state index < -0.39 is 0 Å². The monoisotopic (exact) mass is 402 g/mol. The average molecular weight is 402 g/mol. The van der Waals surface area contributed by atoms with Gasteiger partial charge in [0.25, 0.3) is 5.91 Å². The molecule has 2 heterocycles. The van der Waals surface area contributed by atoms with E-state index >= 15 is 0 Å². The van der Waals surface area contributed by atoms with E-state index in [0.29, 0.717) is 23.7 Å². The van der Waals surface area contributed by atoms with Crippen LogP contribution in [0.2, 0.25) is 0 Å². The van der Waals surface area contributed by atoms with Crippen LogP contribution >= 0.6 is 0 Å². The second-order valence-electron chi connectivity index (χ2n) is 6.57. The van der Waals surface area contributed by atoms with Crippen molar-refractivity contribution in [2.75, 3.05) is 0 Å². The fraction of sp³-hybridized carbons (Fsp3) is 0.0870. The predicted molar refractivity (Wildman–Crippen MR) is 110 cm³/mol. The van der Waals surface area contributed by atoms with Gasteiger partial charge in [-0.05, 0) is 53.6 Å². The molecule has 150 valence electrons. The first-order chi connectivity index (χ1) is 14.7. The minimum absolute atomic E-state index is 0.238. The Labute approximate surface area is 173 Å². The third-order valence-electron chi connectivity index (χ3n) is 4.44. The Morgan fingerprint density at radius 3 is 2.63 bits per heavy atom. The number of carbonyl (C=O) groups is 1. The number of pyridine rings is 1. The topological polar surface area (TPSA) is 69.0 Å². The summed E-state index contributed by atoms with van der Waals surface area (Å²) in [6.45, 7) is 0.573. The molecular formula is C23H19FN4O2. The van der Waals surface area contributed by atoms with Gasteiger partial charge < -0.3 is 10.1 Å². The van der Waals surface area contributed by atoms with E-state index in [0.717, 1.165) is 11.1 Å². The Hall–Kier alpha value is -4.00. The molecule has 0 saturated carbocycles. The van der Waals surface area contributed by atoms with Gasteiger partial charge in [-0.1, -0.05) is 24.3 Å². The highest BCUT2D eigenvalue weighted by atomic mass is 19.1. The summed E-state index contributed by atoms with van der Waals surface area (Å²) in [5.74, 6) is 0.591. The zero-order valence-electron chi connectivity index (χ0n) is 16.0. The van der Waals surface area contributed by atoms with Crippen molar-refractivity contribution < 1.29 is 13.9 Å². The number of nitrogens with zero attached hydrogens (tertiary/aromatic N) is 3. The SMILES string of the molecule is O=C(NCc1ccnc(-n2cccn2)c1)c1ccccc1OCc1ccc(F)cc1. The van der Waals surface area contributed by atoms with E-state index in [1.54, 1.807) is 59.7 Å². The Morgan fingerprint density at radius 2 is 1.83 bits per heavy atom. The van der Waals surface area contributed by atoms with Gasteiger partial charge in [0.2, 0.25) is 0 Å². The smallest absolute Gasteiger partial charge is 0.255 e. The summed E-state index contributed by atoms with van der Waals surface area (Å²) in [6, 6.07) is 18.6. The van der Waals surface area contributed by atoms with Gasteiger partial charge in [-0.3, -0.25) is 4.79 Å². The van der Waals surface area contributed by atoms with Crippen molar-refractivity contribution in [1.82, 2.24) is 20.1 Å². The average Bonchev–Trinajstić information content (AvgIpc) is 3.33. The normalized spacial score (nSPS) is 10.6. The standard InChI is InChI=1S/C23H19FN4O2/c24-19-8-6-17(7-9-19)16-30-21-5-2-1-4-20(21)23(29)26-15-18-10-12-25-22(14-18)28-13-3-11-27-28/h1-14H,15-16H2,(H,26,29). The molecule has 6 nitrogen and oxygen atoms in total. The van der Waals surface area contributed by atoms with E-state index in [2.05, 4.69) is 15.4 Å². The lowest BCUT2D eigenvalue weighted by atomic mass is 10.1. The van der Waals surface area contributed by atoms with Crippen LogP contribution in [0.25, 0.3) is 5.82 Å². The minimum atomic E-state index is -0.301. The summed E-state index contributed by atoms with van der Waals surface area (Å²) in [4.78, 5) is 17.0. The van der Waals surface area contributed by atoms with Crippen LogP contribution in [0.1, 0.15) is 21.5 Å². The number of para-hydroxylation sites is 1. The van der Waals surface area contributed by atoms with Crippen LogP contribution in [0.5, 0.6) is 5.75 Å². The van der Waals surface area contributed by atoms with Gasteiger partial charge in [-0.2, -0.15) is 5.10 Å². The Morgan fingerprint density at radius 1 is 1.00 bits per heavy atom. The number of benzene rings is 2. The fourth-order valence-electron chi connectivity index (χ4n) is 2.90. The molecule has 0 saturated heterocycles. The van der Waals surface area contributed by atoms with E-state index in [-0.39, 0.29) is 18.3 Å². The largest absolute Gasteiger partial charge is 0.488 e. The van der Waals surface area contributed by atoms with Gasteiger partial charge in [0.1, 0.15) is 18.2 Å². The van der Waals surface area contributed by atoms with Gasteiger partial charge in [0.15, 0.2) is 5.82 Å². The van der Waals surface area contributed by atoms with Crippen molar-refractivity contribution >= 4 is 5.91 Å². The molecule has 4 rings (SSSR count). The van der Waals surface area contributed by atoms with Crippen LogP contribution < -0.4 is 10.1 Å². The predicted octanol–water partition coefficient (Wildman–Crippen LogP) is 3.92. The summed E-state index contributed by atoms with van der Waals surface area (Å²) in [6.07, 6.45) is 5.16. The second kappa shape index (κ2) is 9.00. The molecule has 0 atom stereocenters. The molecule has 0 radical (unpaired) electrons. The van der Waals surface area contributed by atoms with Crippen molar-refractivity contribution in [3.05, 3.63) is 108 Å². The molecule has 0 fully saturated rings. The zero-order valence-corrected chi connectivity index (χ0v) is 16.0. The summed E-state index contributed by atoms with van der Waals surface area (Å²) in [5, 5.41) is 7.07. The van der Waals surface area contributed by atoms with Crippen LogP contribution in [0.15, 0.2) is 85.3 Å². The lowest BCUT2D eigenvalue weighted by Gasteiger charge is -2.12. The quantitative estimate of drug-likeness (QED) is 0.509. The molecule has 2 aromatic carbocycles. The number of nitrogens with one attached hydrogen (secondary N) is 1. The molecule has 4 aromatic rings. The Kier molecular flexibility index (Phi) is 5.80. The zero-order chi connectivity index (χ0) is 20.8. The van der Waals surface area contributed by atoms with E-state index in [4.69, 9.17) is 4.74 Å². The van der Waals surface area contributed by atoms with Gasteiger partial charge >= 0.3 is 0 Å². The number of aromatic nitrogens is 3. The van der Waals surface area contributed by atoms with Gasteiger partial charge in [0, 0.05) is 25.1 Å². The molecule has 2 aromatic heterocycles. The molecule has 0 aliphatic rings. The molecule has 0 bridgehead atoms. The van der Waals surface area contributed by atoms with Crippen LogP contribution in [0.4, 0.5) is 4.39 Å².